The fourth-order valence-electron chi connectivity index (χ4n) is 1.34. The van der Waals surface area contributed by atoms with E-state index in [4.69, 9.17) is 20.3 Å². The van der Waals surface area contributed by atoms with Crippen LogP contribution in [-0.2, 0) is 20.8 Å². The molecule has 0 atom stereocenters. The number of fused-ring (bicyclic) bond motifs is 1. The summed E-state index contributed by atoms with van der Waals surface area (Å²) in [5.74, 6) is 0.265. The molecule has 0 bridgehead atoms. The maximum atomic E-state index is 10.5. The summed E-state index contributed by atoms with van der Waals surface area (Å²) in [4.78, 5) is 28.9. The van der Waals surface area contributed by atoms with Crippen LogP contribution in [0.2, 0.25) is 0 Å². The number of nitrogens with two attached hydrogens (primary N) is 1. The number of ether oxygens (including phenoxy) is 2. The first-order valence-corrected chi connectivity index (χ1v) is 6.88. The Morgan fingerprint density at radius 1 is 1.24 bits per heavy atom. The van der Waals surface area contributed by atoms with Gasteiger partial charge in [0.2, 0.25) is 0 Å². The van der Waals surface area contributed by atoms with E-state index in [1.54, 1.807) is 4.57 Å². The van der Waals surface area contributed by atoms with E-state index >= 15 is 0 Å². The molecule has 2 aromatic rings. The van der Waals surface area contributed by atoms with Gasteiger partial charge in [-0.1, -0.05) is 0 Å². The first-order valence-electron chi connectivity index (χ1n) is 5.09. The van der Waals surface area contributed by atoms with E-state index in [9.17, 15) is 4.57 Å². The summed E-state index contributed by atoms with van der Waals surface area (Å²) in [6, 6.07) is 0. The van der Waals surface area contributed by atoms with Gasteiger partial charge in [-0.05, 0) is 0 Å². The minimum atomic E-state index is -4.17. The third kappa shape index (κ3) is 6.59. The normalized spacial score (nSPS) is 11.0. The van der Waals surface area contributed by atoms with Gasteiger partial charge in [-0.25, -0.2) is 15.0 Å². The van der Waals surface area contributed by atoms with Crippen LogP contribution in [0.15, 0.2) is 12.7 Å². The van der Waals surface area contributed by atoms with Crippen LogP contribution in [0, 0.1) is 0 Å². The average Bonchev–Trinajstić information content (AvgIpc) is 2.72. The van der Waals surface area contributed by atoms with Gasteiger partial charge in [-0.3, -0.25) is 9.13 Å². The van der Waals surface area contributed by atoms with Gasteiger partial charge < -0.3 is 25.0 Å². The van der Waals surface area contributed by atoms with Gasteiger partial charge in [0.05, 0.1) is 6.33 Å². The topological polar surface area (TPSA) is 146 Å². The molecule has 0 amide bonds. The second-order valence-electron chi connectivity index (χ2n) is 3.59. The molecule has 0 aliphatic carbocycles. The third-order valence-corrected chi connectivity index (χ3v) is 2.60. The van der Waals surface area contributed by atoms with Crippen molar-refractivity contribution in [1.82, 2.24) is 19.5 Å². The number of hydrogen-bond acceptors (Lipinski definition) is 7. The Balaban J connectivity index is 0.00000200. The molecule has 0 saturated heterocycles. The van der Waals surface area contributed by atoms with E-state index in [0.717, 1.165) is 0 Å². The molecule has 0 aliphatic rings. The number of imidazole rings is 1. The molecule has 4 N–H and O–H groups in total. The summed E-state index contributed by atoms with van der Waals surface area (Å²) in [6.07, 6.45) is 2.09. The van der Waals surface area contributed by atoms with Crippen molar-refractivity contribution in [3.63, 3.8) is 0 Å². The molecule has 2 aromatic heterocycles. The zero-order chi connectivity index (χ0) is 13.9. The van der Waals surface area contributed by atoms with Crippen molar-refractivity contribution >= 4 is 83.7 Å². The van der Waals surface area contributed by atoms with Crippen LogP contribution in [-0.4, -0.2) is 102 Å². The molecule has 108 valence electrons. The molecule has 10 nitrogen and oxygen atoms in total. The zero-order valence-corrected chi connectivity index (χ0v) is 10.6. The Hall–Kier alpha value is 0.420. The van der Waals surface area contributed by atoms with Crippen molar-refractivity contribution in [3.8, 4) is 0 Å². The summed E-state index contributed by atoms with van der Waals surface area (Å²) in [7, 11) is -4.17. The molecule has 0 saturated carbocycles. The van der Waals surface area contributed by atoms with Crippen molar-refractivity contribution in [1.29, 1.82) is 0 Å². The summed E-state index contributed by atoms with van der Waals surface area (Å²) >= 11 is 0. The number of aromatic nitrogens is 4. The van der Waals surface area contributed by atoms with E-state index in [2.05, 4.69) is 19.7 Å². The molecule has 2 heterocycles. The fraction of sp³-hybridized carbons (Fsp3) is 0.375. The Morgan fingerprint density at radius 2 is 1.95 bits per heavy atom. The zero-order valence-electron chi connectivity index (χ0n) is 9.71. The number of rotatable bonds is 6. The van der Waals surface area contributed by atoms with Crippen LogP contribution >= 0.6 is 7.60 Å². The van der Waals surface area contributed by atoms with Gasteiger partial charge in [0.25, 0.3) is 0 Å². The molecule has 13 heteroatoms. The fourth-order valence-corrected chi connectivity index (χ4v) is 1.66. The molecule has 0 fully saturated rings. The number of nitrogens with zero attached hydrogens (tertiary/aromatic N) is 4. The van der Waals surface area contributed by atoms with E-state index in [0.29, 0.717) is 11.2 Å². The minimum absolute atomic E-state index is 0. The SMILES string of the molecule is Nc1ncnc2c1ncn2COCOCP(=O)(O)O.[NaH].[NaH]. The van der Waals surface area contributed by atoms with Gasteiger partial charge in [0.15, 0.2) is 17.8 Å². The van der Waals surface area contributed by atoms with E-state index in [-0.39, 0.29) is 78.5 Å². The van der Waals surface area contributed by atoms with Crippen molar-refractivity contribution in [2.75, 3.05) is 18.9 Å². The predicted octanol–water partition coefficient (Wildman–Crippen LogP) is -1.81. The van der Waals surface area contributed by atoms with E-state index in [1.807, 2.05) is 0 Å². The van der Waals surface area contributed by atoms with Crippen LogP contribution in [0.4, 0.5) is 5.82 Å². The van der Waals surface area contributed by atoms with Gasteiger partial charge in [0, 0.05) is 0 Å². The van der Waals surface area contributed by atoms with Crippen molar-refractivity contribution < 1.29 is 23.8 Å². The van der Waals surface area contributed by atoms with Gasteiger partial charge in [-0.2, -0.15) is 0 Å². The van der Waals surface area contributed by atoms with Crippen LogP contribution in [0.3, 0.4) is 0 Å². The van der Waals surface area contributed by atoms with Gasteiger partial charge in [-0.15, -0.1) is 0 Å². The molecular formula is C8H14N5Na2O5P. The number of hydrogen-bond donors (Lipinski definition) is 3. The van der Waals surface area contributed by atoms with E-state index < -0.39 is 13.9 Å². The molecule has 0 unspecified atom stereocenters. The monoisotopic (exact) mass is 337 g/mol. The second-order valence-corrected chi connectivity index (χ2v) is 5.18. The van der Waals surface area contributed by atoms with Crippen LogP contribution in [0.25, 0.3) is 11.2 Å². The molecule has 21 heavy (non-hydrogen) atoms. The van der Waals surface area contributed by atoms with Crippen molar-refractivity contribution in [2.45, 2.75) is 6.73 Å². The van der Waals surface area contributed by atoms with Crippen molar-refractivity contribution in [3.05, 3.63) is 12.7 Å². The summed E-state index contributed by atoms with van der Waals surface area (Å²) in [6.45, 7) is -0.195. The van der Waals surface area contributed by atoms with Crippen LogP contribution < -0.4 is 5.73 Å². The van der Waals surface area contributed by atoms with Crippen LogP contribution in [0.5, 0.6) is 0 Å². The molecule has 0 aliphatic heterocycles. The number of nitrogen functional groups attached to an aromatic ring is 1. The second kappa shape index (κ2) is 9.53. The first kappa shape index (κ1) is 21.4. The Morgan fingerprint density at radius 3 is 2.62 bits per heavy atom. The molecule has 0 spiro atoms. The number of anilines is 1. The predicted molar refractivity (Wildman–Crippen MR) is 78.0 cm³/mol. The summed E-state index contributed by atoms with van der Waals surface area (Å²) in [5.41, 5.74) is 6.58. The van der Waals surface area contributed by atoms with Crippen molar-refractivity contribution in [2.24, 2.45) is 0 Å². The van der Waals surface area contributed by atoms with Gasteiger partial charge in [0.1, 0.15) is 25.4 Å². The average molecular weight is 337 g/mol. The Bertz CT molecular complexity index is 620. The molecule has 2 rings (SSSR count). The molecular weight excluding hydrogens is 323 g/mol. The standard InChI is InChI=1S/C8H12N5O5P.2Na.2H/c9-7-6-8(11-1-10-7)13(2-12-6)3-17-4-18-5-19(14,15)16;;;;/h1-2H,3-5H2,(H2,9,10,11)(H2,14,15,16);;;;. The molecule has 0 aromatic carbocycles. The van der Waals surface area contributed by atoms with Gasteiger partial charge >= 0.3 is 66.7 Å². The Labute approximate surface area is 164 Å². The first-order chi connectivity index (χ1) is 8.97. The summed E-state index contributed by atoms with van der Waals surface area (Å²) < 4.78 is 21.8. The third-order valence-electron chi connectivity index (χ3n) is 2.09. The summed E-state index contributed by atoms with van der Waals surface area (Å²) in [5, 5.41) is 0. The quantitative estimate of drug-likeness (QED) is 0.240. The molecule has 0 radical (unpaired) electrons. The Kier molecular flexibility index (Phi) is 9.73. The maximum absolute atomic E-state index is 10.5. The van der Waals surface area contributed by atoms with Crippen LogP contribution in [0.1, 0.15) is 0 Å². The van der Waals surface area contributed by atoms with E-state index in [1.165, 1.54) is 12.7 Å².